The van der Waals surface area contributed by atoms with Crippen molar-refractivity contribution in [3.63, 3.8) is 0 Å². The number of hydrogen-bond acceptors (Lipinski definition) is 5. The standard InChI is InChI=1S/C31H28FN7O/c1-17-7-18(9-20(32)8-17)29-22-12-26(37-24(22)5-6-34-29)30-23-11-25(35-16-27(23)38-39-30)19-10-21(15-33-14-19)36-28(40)13-31(2,3)4/h5-12,14-16,37H,13H2,1-4H3,(H,36,40)(H,38,39). The molecule has 0 aliphatic heterocycles. The highest BCUT2D eigenvalue weighted by atomic mass is 19.1. The molecule has 6 aromatic rings. The van der Waals surface area contributed by atoms with Crippen molar-refractivity contribution < 1.29 is 9.18 Å². The van der Waals surface area contributed by atoms with Crippen LogP contribution in [0, 0.1) is 18.2 Å². The van der Waals surface area contributed by atoms with Crippen molar-refractivity contribution in [3.8, 4) is 33.9 Å². The van der Waals surface area contributed by atoms with Crippen molar-refractivity contribution in [3.05, 3.63) is 78.6 Å². The Bertz CT molecular complexity index is 1880. The van der Waals surface area contributed by atoms with Crippen LogP contribution in [-0.2, 0) is 4.79 Å². The van der Waals surface area contributed by atoms with E-state index in [2.05, 4.69) is 35.5 Å². The van der Waals surface area contributed by atoms with Gasteiger partial charge in [-0.25, -0.2) is 4.39 Å². The Morgan fingerprint density at radius 1 is 0.925 bits per heavy atom. The lowest BCUT2D eigenvalue weighted by Gasteiger charge is -2.17. The molecule has 0 unspecified atom stereocenters. The number of aromatic nitrogens is 6. The number of benzene rings is 1. The van der Waals surface area contributed by atoms with Gasteiger partial charge in [-0.2, -0.15) is 5.10 Å². The van der Waals surface area contributed by atoms with Crippen LogP contribution in [0.5, 0.6) is 0 Å². The Balaban J connectivity index is 1.37. The molecule has 0 fully saturated rings. The number of carbonyl (C=O) groups excluding carboxylic acids is 1. The minimum absolute atomic E-state index is 0.0620. The highest BCUT2D eigenvalue weighted by Gasteiger charge is 2.18. The molecular weight excluding hydrogens is 505 g/mol. The van der Waals surface area contributed by atoms with Crippen molar-refractivity contribution in [2.75, 3.05) is 5.32 Å². The number of pyridine rings is 3. The summed E-state index contributed by atoms with van der Waals surface area (Å²) < 4.78 is 14.2. The van der Waals surface area contributed by atoms with Crippen LogP contribution in [0.1, 0.15) is 32.8 Å². The highest BCUT2D eigenvalue weighted by molar-refractivity contribution is 6.00. The molecule has 5 aromatic heterocycles. The number of hydrogen-bond donors (Lipinski definition) is 3. The van der Waals surface area contributed by atoms with E-state index in [9.17, 15) is 9.18 Å². The average Bonchev–Trinajstić information content (AvgIpc) is 3.50. The minimum atomic E-state index is -0.296. The quantitative estimate of drug-likeness (QED) is 0.220. The molecule has 0 saturated heterocycles. The minimum Gasteiger partial charge on any atom is -0.353 e. The first-order chi connectivity index (χ1) is 19.1. The van der Waals surface area contributed by atoms with Gasteiger partial charge in [0, 0.05) is 46.2 Å². The fourth-order valence-corrected chi connectivity index (χ4v) is 4.90. The SMILES string of the molecule is Cc1cc(F)cc(-c2nccc3[nH]c(-c4n[nH]c5cnc(-c6cncc(NC(=O)CC(C)(C)C)c6)cc45)cc23)c1. The molecule has 8 nitrogen and oxygen atoms in total. The number of fused-ring (bicyclic) bond motifs is 2. The van der Waals surface area contributed by atoms with E-state index in [1.54, 1.807) is 24.8 Å². The van der Waals surface area contributed by atoms with Gasteiger partial charge in [-0.15, -0.1) is 0 Å². The number of rotatable bonds is 5. The summed E-state index contributed by atoms with van der Waals surface area (Å²) in [5.41, 5.74) is 7.37. The molecule has 0 atom stereocenters. The van der Waals surface area contributed by atoms with Crippen LogP contribution in [0.4, 0.5) is 10.1 Å². The summed E-state index contributed by atoms with van der Waals surface area (Å²) in [6.07, 6.45) is 7.19. The molecule has 0 spiro atoms. The van der Waals surface area contributed by atoms with Gasteiger partial charge in [-0.3, -0.25) is 24.8 Å². The van der Waals surface area contributed by atoms with E-state index in [-0.39, 0.29) is 17.1 Å². The summed E-state index contributed by atoms with van der Waals surface area (Å²) in [4.78, 5) is 29.4. The maximum Gasteiger partial charge on any atom is 0.224 e. The fraction of sp³-hybridized carbons (Fsp3) is 0.194. The van der Waals surface area contributed by atoms with Crippen molar-refractivity contribution in [1.29, 1.82) is 0 Å². The summed E-state index contributed by atoms with van der Waals surface area (Å²) in [5.74, 6) is -0.358. The lowest BCUT2D eigenvalue weighted by molar-refractivity contribution is -0.117. The maximum absolute atomic E-state index is 14.2. The molecule has 0 saturated carbocycles. The topological polar surface area (TPSA) is 112 Å². The molecule has 200 valence electrons. The Labute approximate surface area is 230 Å². The molecule has 1 aromatic carbocycles. The van der Waals surface area contributed by atoms with Crippen molar-refractivity contribution in [2.24, 2.45) is 5.41 Å². The molecule has 5 heterocycles. The second-order valence-electron chi connectivity index (χ2n) is 11.3. The number of nitrogens with one attached hydrogen (secondary N) is 3. The third kappa shape index (κ3) is 5.05. The molecule has 0 aliphatic carbocycles. The van der Waals surface area contributed by atoms with Crippen LogP contribution in [-0.4, -0.2) is 36.0 Å². The first kappa shape index (κ1) is 25.4. The van der Waals surface area contributed by atoms with E-state index in [1.807, 2.05) is 58.0 Å². The van der Waals surface area contributed by atoms with Crippen LogP contribution in [0.3, 0.4) is 0 Å². The monoisotopic (exact) mass is 533 g/mol. The molecule has 0 radical (unpaired) electrons. The number of aryl methyl sites for hydroxylation is 1. The lowest BCUT2D eigenvalue weighted by Crippen LogP contribution is -2.19. The summed E-state index contributed by atoms with van der Waals surface area (Å²) in [6, 6.07) is 12.6. The zero-order chi connectivity index (χ0) is 28.0. The van der Waals surface area contributed by atoms with Crippen LogP contribution >= 0.6 is 0 Å². The Morgan fingerprint density at radius 2 is 1.75 bits per heavy atom. The van der Waals surface area contributed by atoms with Gasteiger partial charge in [0.05, 0.1) is 40.7 Å². The van der Waals surface area contributed by atoms with E-state index in [4.69, 9.17) is 0 Å². The predicted octanol–water partition coefficient (Wildman–Crippen LogP) is 7.05. The van der Waals surface area contributed by atoms with Gasteiger partial charge in [-0.05, 0) is 60.4 Å². The zero-order valence-electron chi connectivity index (χ0n) is 22.6. The average molecular weight is 534 g/mol. The van der Waals surface area contributed by atoms with Crippen LogP contribution in [0.25, 0.3) is 55.7 Å². The summed E-state index contributed by atoms with van der Waals surface area (Å²) in [6.45, 7) is 7.93. The van der Waals surface area contributed by atoms with Gasteiger partial charge in [0.2, 0.25) is 5.91 Å². The molecule has 0 aliphatic rings. The molecule has 3 N–H and O–H groups in total. The largest absolute Gasteiger partial charge is 0.353 e. The van der Waals surface area contributed by atoms with Gasteiger partial charge < -0.3 is 10.3 Å². The van der Waals surface area contributed by atoms with Gasteiger partial charge in [0.15, 0.2) is 0 Å². The normalized spacial score (nSPS) is 11.8. The van der Waals surface area contributed by atoms with Gasteiger partial charge in [0.1, 0.15) is 11.5 Å². The molecule has 6 rings (SSSR count). The van der Waals surface area contributed by atoms with Crippen molar-refractivity contribution >= 4 is 33.4 Å². The number of nitrogens with zero attached hydrogens (tertiary/aromatic N) is 4. The third-order valence-corrected chi connectivity index (χ3v) is 6.57. The lowest BCUT2D eigenvalue weighted by atomic mass is 9.92. The third-order valence-electron chi connectivity index (χ3n) is 6.57. The van der Waals surface area contributed by atoms with E-state index in [1.165, 1.54) is 12.1 Å². The first-order valence-electron chi connectivity index (χ1n) is 13.0. The van der Waals surface area contributed by atoms with Crippen LogP contribution in [0.15, 0.2) is 67.3 Å². The molecule has 1 amide bonds. The number of carbonyl (C=O) groups is 1. The number of anilines is 1. The van der Waals surface area contributed by atoms with E-state index in [0.29, 0.717) is 29.1 Å². The maximum atomic E-state index is 14.2. The summed E-state index contributed by atoms with van der Waals surface area (Å²) >= 11 is 0. The first-order valence-corrected chi connectivity index (χ1v) is 13.0. The second kappa shape index (κ2) is 9.68. The summed E-state index contributed by atoms with van der Waals surface area (Å²) in [5, 5.41) is 12.3. The second-order valence-corrected chi connectivity index (χ2v) is 11.3. The zero-order valence-corrected chi connectivity index (χ0v) is 22.6. The van der Waals surface area contributed by atoms with Crippen molar-refractivity contribution in [2.45, 2.75) is 34.1 Å². The fourth-order valence-electron chi connectivity index (χ4n) is 4.90. The van der Waals surface area contributed by atoms with E-state index >= 15 is 0 Å². The van der Waals surface area contributed by atoms with Gasteiger partial charge in [-0.1, -0.05) is 20.8 Å². The smallest absolute Gasteiger partial charge is 0.224 e. The highest BCUT2D eigenvalue weighted by Crippen LogP contribution is 2.34. The number of amides is 1. The van der Waals surface area contributed by atoms with Crippen molar-refractivity contribution in [1.82, 2.24) is 30.1 Å². The van der Waals surface area contributed by atoms with Gasteiger partial charge >= 0.3 is 0 Å². The van der Waals surface area contributed by atoms with Crippen LogP contribution < -0.4 is 5.32 Å². The number of halogens is 1. The molecule has 9 heteroatoms. The number of aromatic amines is 2. The molecule has 0 bridgehead atoms. The van der Waals surface area contributed by atoms with E-state index < -0.39 is 0 Å². The van der Waals surface area contributed by atoms with Gasteiger partial charge in [0.25, 0.3) is 0 Å². The van der Waals surface area contributed by atoms with Crippen LogP contribution in [0.2, 0.25) is 0 Å². The molecule has 40 heavy (non-hydrogen) atoms. The summed E-state index contributed by atoms with van der Waals surface area (Å²) in [7, 11) is 0. The Hall–Kier alpha value is -4.92. The number of H-pyrrole nitrogens is 2. The predicted molar refractivity (Wildman–Crippen MR) is 155 cm³/mol. The Kier molecular flexibility index (Phi) is 6.14. The van der Waals surface area contributed by atoms with E-state index in [0.717, 1.165) is 44.3 Å². The molecular formula is C31H28FN7O. The Morgan fingerprint density at radius 3 is 2.55 bits per heavy atom.